The first-order chi connectivity index (χ1) is 15.2. The van der Waals surface area contributed by atoms with E-state index in [1.54, 1.807) is 50.4 Å². The fourth-order valence-corrected chi connectivity index (χ4v) is 5.48. The maximum absolute atomic E-state index is 13.0. The Hall–Kier alpha value is -3.20. The van der Waals surface area contributed by atoms with Gasteiger partial charge in [-0.2, -0.15) is 0 Å². The van der Waals surface area contributed by atoms with Gasteiger partial charge in [0, 0.05) is 25.3 Å². The number of anilines is 1. The third-order valence-electron chi connectivity index (χ3n) is 5.46. The van der Waals surface area contributed by atoms with Gasteiger partial charge >= 0.3 is 5.97 Å². The minimum atomic E-state index is -3.15. The second kappa shape index (κ2) is 9.95. The van der Waals surface area contributed by atoms with Crippen LogP contribution in [0, 0.1) is 0 Å². The first-order valence-electron chi connectivity index (χ1n) is 10.3. The number of para-hydroxylation sites is 1. The van der Waals surface area contributed by atoms with Crippen LogP contribution < -0.4 is 4.90 Å². The molecule has 0 N–H and O–H groups in total. The summed E-state index contributed by atoms with van der Waals surface area (Å²) in [6.07, 6.45) is 0.374. The zero-order valence-corrected chi connectivity index (χ0v) is 18.9. The Morgan fingerprint density at radius 2 is 1.62 bits per heavy atom. The van der Waals surface area contributed by atoms with Crippen molar-refractivity contribution in [3.63, 3.8) is 0 Å². The lowest BCUT2D eigenvalue weighted by Gasteiger charge is -2.26. The second-order valence-corrected chi connectivity index (χ2v) is 9.79. The van der Waals surface area contributed by atoms with Crippen molar-refractivity contribution < 1.29 is 27.5 Å². The molecule has 1 aliphatic rings. The largest absolute Gasteiger partial charge is 0.452 e. The quantitative estimate of drug-likeness (QED) is 0.590. The molecule has 0 radical (unpaired) electrons. The van der Waals surface area contributed by atoms with Crippen LogP contribution in [0.1, 0.15) is 34.1 Å². The smallest absolute Gasteiger partial charge is 0.339 e. The Morgan fingerprint density at radius 3 is 2.22 bits per heavy atom. The summed E-state index contributed by atoms with van der Waals surface area (Å²) in [7, 11) is -1.54. The highest BCUT2D eigenvalue weighted by molar-refractivity contribution is 7.91. The number of likely N-dealkylation sites (N-methyl/N-ethyl adjacent to an activating group) is 1. The summed E-state index contributed by atoms with van der Waals surface area (Å²) in [5, 5.41) is 0. The zero-order chi connectivity index (χ0) is 23.3. The lowest BCUT2D eigenvalue weighted by Crippen LogP contribution is -2.43. The van der Waals surface area contributed by atoms with Crippen LogP contribution in [0.15, 0.2) is 54.6 Å². The molecule has 32 heavy (non-hydrogen) atoms. The number of sulfone groups is 1. The average Bonchev–Trinajstić information content (AvgIpc) is 3.16. The van der Waals surface area contributed by atoms with E-state index >= 15 is 0 Å². The molecule has 0 bridgehead atoms. The number of amides is 2. The third-order valence-corrected chi connectivity index (χ3v) is 7.21. The molecule has 0 spiro atoms. The number of hydrogen-bond donors (Lipinski definition) is 0. The van der Waals surface area contributed by atoms with Gasteiger partial charge in [0.05, 0.1) is 22.6 Å². The van der Waals surface area contributed by atoms with E-state index in [0.717, 1.165) is 0 Å². The molecule has 2 aromatic rings. The first-order valence-corrected chi connectivity index (χ1v) is 12.1. The summed E-state index contributed by atoms with van der Waals surface area (Å²) in [6.45, 7) is 1.53. The molecule has 1 heterocycles. The lowest BCUT2D eigenvalue weighted by molar-refractivity contribution is -0.136. The summed E-state index contributed by atoms with van der Waals surface area (Å²) < 4.78 is 28.7. The Kier molecular flexibility index (Phi) is 7.29. The van der Waals surface area contributed by atoms with Crippen LogP contribution in [0.2, 0.25) is 0 Å². The molecule has 3 rings (SSSR count). The molecule has 1 atom stereocenters. The Balaban J connectivity index is 1.69. The van der Waals surface area contributed by atoms with Gasteiger partial charge in [0.15, 0.2) is 16.4 Å². The lowest BCUT2D eigenvalue weighted by atomic mass is 10.1. The van der Waals surface area contributed by atoms with Gasteiger partial charge in [0.25, 0.3) is 11.8 Å². The zero-order valence-electron chi connectivity index (χ0n) is 18.1. The molecule has 1 fully saturated rings. The average molecular weight is 459 g/mol. The number of rotatable bonds is 7. The molecular weight excluding hydrogens is 432 g/mol. The van der Waals surface area contributed by atoms with Crippen LogP contribution in [-0.4, -0.2) is 68.8 Å². The van der Waals surface area contributed by atoms with Gasteiger partial charge in [-0.1, -0.05) is 30.3 Å². The fourth-order valence-electron chi connectivity index (χ4n) is 3.74. The summed E-state index contributed by atoms with van der Waals surface area (Å²) in [5.41, 5.74) is 0.881. The highest BCUT2D eigenvalue weighted by atomic mass is 32.2. The molecule has 9 heteroatoms. The standard InChI is InChI=1S/C23H26N2O6S/c1-3-25(18-13-14-32(29,30)16-18)21(26)15-31-23(28)20-12-8-7-11-19(20)22(27)24(2)17-9-5-4-6-10-17/h4-12,18H,3,13-16H2,1-2H3. The highest BCUT2D eigenvalue weighted by Crippen LogP contribution is 2.20. The van der Waals surface area contributed by atoms with Crippen molar-refractivity contribution in [2.45, 2.75) is 19.4 Å². The number of nitrogens with zero attached hydrogens (tertiary/aromatic N) is 2. The number of ether oxygens (including phenoxy) is 1. The van der Waals surface area contributed by atoms with E-state index in [1.807, 2.05) is 6.07 Å². The van der Waals surface area contributed by atoms with E-state index in [2.05, 4.69) is 0 Å². The summed E-state index contributed by atoms with van der Waals surface area (Å²) in [4.78, 5) is 41.1. The monoisotopic (exact) mass is 458 g/mol. The molecule has 2 amide bonds. The number of carbonyl (C=O) groups is 3. The molecule has 170 valence electrons. The van der Waals surface area contributed by atoms with Gasteiger partial charge in [-0.05, 0) is 37.6 Å². The second-order valence-electron chi connectivity index (χ2n) is 7.56. The van der Waals surface area contributed by atoms with Crippen molar-refractivity contribution in [1.29, 1.82) is 0 Å². The number of benzene rings is 2. The maximum Gasteiger partial charge on any atom is 0.339 e. The topological polar surface area (TPSA) is 101 Å². The highest BCUT2D eigenvalue weighted by Gasteiger charge is 2.34. The van der Waals surface area contributed by atoms with Crippen molar-refractivity contribution >= 4 is 33.3 Å². The molecule has 0 aromatic heterocycles. The van der Waals surface area contributed by atoms with Crippen LogP contribution in [-0.2, 0) is 19.4 Å². The van der Waals surface area contributed by atoms with E-state index in [0.29, 0.717) is 18.7 Å². The van der Waals surface area contributed by atoms with Crippen LogP contribution in [0.4, 0.5) is 5.69 Å². The summed E-state index contributed by atoms with van der Waals surface area (Å²) >= 11 is 0. The molecule has 8 nitrogen and oxygen atoms in total. The van der Waals surface area contributed by atoms with Gasteiger partial charge in [0.1, 0.15) is 0 Å². The van der Waals surface area contributed by atoms with E-state index in [9.17, 15) is 22.8 Å². The minimum absolute atomic E-state index is 0.0473. The van der Waals surface area contributed by atoms with E-state index in [4.69, 9.17) is 4.74 Å². The van der Waals surface area contributed by atoms with E-state index in [1.165, 1.54) is 21.9 Å². The fraction of sp³-hybridized carbons (Fsp3) is 0.348. The van der Waals surface area contributed by atoms with Crippen molar-refractivity contribution in [3.05, 3.63) is 65.7 Å². The minimum Gasteiger partial charge on any atom is -0.452 e. The number of hydrogen-bond acceptors (Lipinski definition) is 6. The van der Waals surface area contributed by atoms with Gasteiger partial charge in [-0.15, -0.1) is 0 Å². The van der Waals surface area contributed by atoms with Crippen molar-refractivity contribution in [3.8, 4) is 0 Å². The van der Waals surface area contributed by atoms with Crippen LogP contribution in [0.5, 0.6) is 0 Å². The predicted molar refractivity (Wildman–Crippen MR) is 120 cm³/mol. The molecule has 1 aliphatic heterocycles. The Morgan fingerprint density at radius 1 is 1.00 bits per heavy atom. The third kappa shape index (κ3) is 5.34. The first kappa shape index (κ1) is 23.5. The maximum atomic E-state index is 13.0. The molecule has 1 unspecified atom stereocenters. The number of carbonyl (C=O) groups excluding carboxylic acids is 3. The van der Waals surface area contributed by atoms with E-state index in [-0.39, 0.29) is 28.5 Å². The van der Waals surface area contributed by atoms with Crippen LogP contribution in [0.25, 0.3) is 0 Å². The molecular formula is C23H26N2O6S. The van der Waals surface area contributed by atoms with Gasteiger partial charge in [0.2, 0.25) is 0 Å². The molecule has 0 saturated carbocycles. The predicted octanol–water partition coefficient (Wildman–Crippen LogP) is 2.16. The van der Waals surface area contributed by atoms with Crippen molar-refractivity contribution in [1.82, 2.24) is 4.90 Å². The van der Waals surface area contributed by atoms with Gasteiger partial charge in [-0.25, -0.2) is 13.2 Å². The van der Waals surface area contributed by atoms with Crippen molar-refractivity contribution in [2.24, 2.45) is 0 Å². The van der Waals surface area contributed by atoms with Crippen LogP contribution >= 0.6 is 0 Å². The Bertz CT molecular complexity index is 1100. The summed E-state index contributed by atoms with van der Waals surface area (Å²) in [5.74, 6) is -1.68. The molecule has 2 aromatic carbocycles. The van der Waals surface area contributed by atoms with Gasteiger partial charge in [-0.3, -0.25) is 9.59 Å². The van der Waals surface area contributed by atoms with Crippen molar-refractivity contribution in [2.75, 3.05) is 36.6 Å². The normalized spacial score (nSPS) is 16.9. The molecule has 1 saturated heterocycles. The van der Waals surface area contributed by atoms with Crippen LogP contribution in [0.3, 0.4) is 0 Å². The SMILES string of the molecule is CCN(C(=O)COC(=O)c1ccccc1C(=O)N(C)c1ccccc1)C1CCS(=O)(=O)C1. The summed E-state index contributed by atoms with van der Waals surface area (Å²) in [6, 6.07) is 14.9. The molecule has 0 aliphatic carbocycles. The van der Waals surface area contributed by atoms with E-state index < -0.39 is 34.4 Å². The number of esters is 1. The Labute approximate surface area is 187 Å². The van der Waals surface area contributed by atoms with Gasteiger partial charge < -0.3 is 14.5 Å².